The van der Waals surface area contributed by atoms with Crippen molar-refractivity contribution in [3.8, 4) is 11.3 Å². The Bertz CT molecular complexity index is 1000. The topological polar surface area (TPSA) is 119 Å². The highest BCUT2D eigenvalue weighted by Gasteiger charge is 2.19. The van der Waals surface area contributed by atoms with Crippen LogP contribution in [0.25, 0.3) is 22.4 Å². The fourth-order valence-electron chi connectivity index (χ4n) is 3.02. The molecule has 3 heterocycles. The Hall–Kier alpha value is -3.33. The number of amides is 1. The Morgan fingerprint density at radius 2 is 1.93 bits per heavy atom. The van der Waals surface area contributed by atoms with Gasteiger partial charge in [-0.25, -0.2) is 9.97 Å². The van der Waals surface area contributed by atoms with Crippen molar-refractivity contribution in [3.05, 3.63) is 30.5 Å². The van der Waals surface area contributed by atoms with Crippen LogP contribution in [0, 0.1) is 0 Å². The summed E-state index contributed by atoms with van der Waals surface area (Å²) in [7, 11) is 0. The zero-order valence-electron chi connectivity index (χ0n) is 15.6. The third kappa shape index (κ3) is 3.70. The van der Waals surface area contributed by atoms with Gasteiger partial charge in [0.2, 0.25) is 11.9 Å². The summed E-state index contributed by atoms with van der Waals surface area (Å²) in [6.07, 6.45) is 2.10. The number of aromatic nitrogens is 4. The summed E-state index contributed by atoms with van der Waals surface area (Å²) < 4.78 is 5.42. The van der Waals surface area contributed by atoms with Crippen LogP contribution in [-0.4, -0.2) is 52.1 Å². The molecule has 0 atom stereocenters. The lowest BCUT2D eigenvalue weighted by Crippen LogP contribution is -2.37. The normalized spacial score (nSPS) is 14.2. The van der Waals surface area contributed by atoms with E-state index in [-0.39, 0.29) is 11.9 Å². The molecule has 144 valence electrons. The van der Waals surface area contributed by atoms with Crippen LogP contribution >= 0.6 is 0 Å². The van der Waals surface area contributed by atoms with Crippen LogP contribution in [0.2, 0.25) is 0 Å². The molecule has 2 aromatic heterocycles. The van der Waals surface area contributed by atoms with E-state index < -0.39 is 0 Å². The molecule has 9 nitrogen and oxygen atoms in total. The average Bonchev–Trinajstić information content (AvgIpc) is 2.74. The zero-order valence-corrected chi connectivity index (χ0v) is 15.6. The number of fused-ring (bicyclic) bond motifs is 1. The molecule has 0 saturated carbocycles. The summed E-state index contributed by atoms with van der Waals surface area (Å²) in [5.41, 5.74) is 9.26. The summed E-state index contributed by atoms with van der Waals surface area (Å²) >= 11 is 0. The maximum Gasteiger partial charge on any atom is 0.224 e. The van der Waals surface area contributed by atoms with Crippen molar-refractivity contribution in [1.29, 1.82) is 0 Å². The fraction of sp³-hybridized carbons (Fsp3) is 0.316. The smallest absolute Gasteiger partial charge is 0.224 e. The molecule has 0 unspecified atom stereocenters. The maximum absolute atomic E-state index is 11.5. The molecule has 1 amide bonds. The molecule has 1 fully saturated rings. The highest BCUT2D eigenvalue weighted by molar-refractivity contribution is 5.91. The van der Waals surface area contributed by atoms with E-state index in [1.165, 1.54) is 0 Å². The Kier molecular flexibility index (Phi) is 4.98. The number of nitrogens with two attached hydrogens (primary N) is 1. The summed E-state index contributed by atoms with van der Waals surface area (Å²) in [5, 5.41) is 2.83. The predicted octanol–water partition coefficient (Wildman–Crippen LogP) is 1.85. The number of nitrogens with zero attached hydrogens (tertiary/aromatic N) is 5. The number of ether oxygens (including phenoxy) is 1. The number of anilines is 3. The second kappa shape index (κ2) is 7.73. The summed E-state index contributed by atoms with van der Waals surface area (Å²) in [6, 6.07) is 7.48. The van der Waals surface area contributed by atoms with Gasteiger partial charge in [-0.3, -0.25) is 4.79 Å². The molecule has 28 heavy (non-hydrogen) atoms. The third-order valence-corrected chi connectivity index (χ3v) is 4.50. The van der Waals surface area contributed by atoms with Crippen LogP contribution in [0.5, 0.6) is 0 Å². The first kappa shape index (κ1) is 18.1. The largest absolute Gasteiger partial charge is 0.378 e. The lowest BCUT2D eigenvalue weighted by Gasteiger charge is -2.28. The van der Waals surface area contributed by atoms with Crippen LogP contribution in [0.3, 0.4) is 0 Å². The molecule has 1 aromatic carbocycles. The number of benzene rings is 1. The molecule has 0 radical (unpaired) electrons. The fourth-order valence-corrected chi connectivity index (χ4v) is 3.02. The number of morpholine rings is 1. The lowest BCUT2D eigenvalue weighted by atomic mass is 10.1. The molecule has 1 aliphatic heterocycles. The monoisotopic (exact) mass is 379 g/mol. The molecule has 0 bridgehead atoms. The molecule has 4 rings (SSSR count). The first-order valence-corrected chi connectivity index (χ1v) is 9.17. The van der Waals surface area contributed by atoms with Crippen molar-refractivity contribution in [1.82, 2.24) is 19.9 Å². The average molecular weight is 379 g/mol. The molecule has 3 N–H and O–H groups in total. The predicted molar refractivity (Wildman–Crippen MR) is 107 cm³/mol. The minimum absolute atomic E-state index is 0.0249. The molecular formula is C19H21N7O2. The van der Waals surface area contributed by atoms with Crippen molar-refractivity contribution in [2.24, 2.45) is 0 Å². The van der Waals surface area contributed by atoms with Gasteiger partial charge in [0.05, 0.1) is 25.1 Å². The first-order valence-electron chi connectivity index (χ1n) is 9.17. The van der Waals surface area contributed by atoms with Gasteiger partial charge >= 0.3 is 0 Å². The van der Waals surface area contributed by atoms with Crippen LogP contribution in [-0.2, 0) is 9.53 Å². The second-order valence-corrected chi connectivity index (χ2v) is 6.41. The van der Waals surface area contributed by atoms with Crippen molar-refractivity contribution in [2.75, 3.05) is 42.3 Å². The quantitative estimate of drug-likeness (QED) is 0.705. The number of nitrogens with one attached hydrogen (secondary N) is 1. The van der Waals surface area contributed by atoms with Gasteiger partial charge in [0, 0.05) is 30.8 Å². The van der Waals surface area contributed by atoms with Gasteiger partial charge in [-0.05, 0) is 12.1 Å². The highest BCUT2D eigenvalue weighted by Crippen LogP contribution is 2.26. The van der Waals surface area contributed by atoms with E-state index in [9.17, 15) is 4.79 Å². The van der Waals surface area contributed by atoms with Crippen LogP contribution in [0.15, 0.2) is 30.5 Å². The van der Waals surface area contributed by atoms with Crippen LogP contribution in [0.4, 0.5) is 17.5 Å². The number of hydrogen-bond donors (Lipinski definition) is 2. The van der Waals surface area contributed by atoms with Crippen molar-refractivity contribution in [3.63, 3.8) is 0 Å². The molecule has 3 aromatic rings. The minimum atomic E-state index is -0.0249. The number of hydrogen-bond acceptors (Lipinski definition) is 8. The van der Waals surface area contributed by atoms with Gasteiger partial charge in [0.25, 0.3) is 0 Å². The van der Waals surface area contributed by atoms with E-state index >= 15 is 0 Å². The van der Waals surface area contributed by atoms with E-state index in [2.05, 4.69) is 25.2 Å². The third-order valence-electron chi connectivity index (χ3n) is 4.50. The van der Waals surface area contributed by atoms with E-state index in [0.717, 1.165) is 11.3 Å². The van der Waals surface area contributed by atoms with Crippen molar-refractivity contribution < 1.29 is 9.53 Å². The second-order valence-electron chi connectivity index (χ2n) is 6.41. The van der Waals surface area contributed by atoms with Gasteiger partial charge < -0.3 is 20.7 Å². The molecule has 0 spiro atoms. The van der Waals surface area contributed by atoms with E-state index in [1.54, 1.807) is 6.20 Å². The number of carbonyl (C=O) groups is 1. The Morgan fingerprint density at radius 3 is 2.64 bits per heavy atom. The van der Waals surface area contributed by atoms with Crippen LogP contribution < -0.4 is 16.0 Å². The molecule has 0 aliphatic carbocycles. The maximum atomic E-state index is 11.5. The minimum Gasteiger partial charge on any atom is -0.378 e. The first-order chi connectivity index (χ1) is 13.6. The van der Waals surface area contributed by atoms with E-state index in [4.69, 9.17) is 15.5 Å². The van der Waals surface area contributed by atoms with Crippen molar-refractivity contribution >= 4 is 34.5 Å². The SMILES string of the molecule is CCC(=O)Nc1ccc(-c2cnc3nc(N)nc(N4CCOCC4)c3n2)cc1. The lowest BCUT2D eigenvalue weighted by molar-refractivity contribution is -0.115. The zero-order chi connectivity index (χ0) is 19.5. The molecule has 1 aliphatic rings. The van der Waals surface area contributed by atoms with Gasteiger partial charge in [-0.1, -0.05) is 19.1 Å². The number of rotatable bonds is 4. The molecule has 1 saturated heterocycles. The van der Waals surface area contributed by atoms with Gasteiger partial charge in [-0.2, -0.15) is 9.97 Å². The Balaban J connectivity index is 1.70. The van der Waals surface area contributed by atoms with E-state index in [0.29, 0.717) is 55.4 Å². The Labute approximate surface area is 162 Å². The number of carbonyl (C=O) groups excluding carboxylic acids is 1. The number of nitrogen functional groups attached to an aromatic ring is 1. The molecule has 9 heteroatoms. The van der Waals surface area contributed by atoms with E-state index in [1.807, 2.05) is 31.2 Å². The van der Waals surface area contributed by atoms with Gasteiger partial charge in [0.15, 0.2) is 17.0 Å². The van der Waals surface area contributed by atoms with Crippen molar-refractivity contribution in [2.45, 2.75) is 13.3 Å². The molecular weight excluding hydrogens is 358 g/mol. The van der Waals surface area contributed by atoms with Gasteiger partial charge in [0.1, 0.15) is 0 Å². The summed E-state index contributed by atoms with van der Waals surface area (Å²) in [5.74, 6) is 0.821. The van der Waals surface area contributed by atoms with Gasteiger partial charge in [-0.15, -0.1) is 0 Å². The Morgan fingerprint density at radius 1 is 1.18 bits per heavy atom. The summed E-state index contributed by atoms with van der Waals surface area (Å²) in [6.45, 7) is 4.49. The van der Waals surface area contributed by atoms with Crippen LogP contribution in [0.1, 0.15) is 13.3 Å². The standard InChI is InChI=1S/C19H21N7O2/c1-2-15(27)22-13-5-3-12(4-6-13)14-11-21-17-16(23-14)18(25-19(20)24-17)26-7-9-28-10-8-26/h3-6,11H,2,7-10H2,1H3,(H,22,27)(H2,20,21,24,25). The highest BCUT2D eigenvalue weighted by atomic mass is 16.5. The summed E-state index contributed by atoms with van der Waals surface area (Å²) in [4.78, 5) is 31.4.